The lowest BCUT2D eigenvalue weighted by Crippen LogP contribution is -2.15. The molecule has 0 aliphatic carbocycles. The number of esters is 1. The number of rotatable bonds is 1. The number of hydrogen-bond donors (Lipinski definition) is 0. The minimum absolute atomic E-state index is 0.0187. The van der Waals surface area contributed by atoms with E-state index in [0.29, 0.717) is 5.75 Å². The van der Waals surface area contributed by atoms with Gasteiger partial charge in [0.05, 0.1) is 0 Å². The van der Waals surface area contributed by atoms with Crippen molar-refractivity contribution in [2.75, 3.05) is 0 Å². The van der Waals surface area contributed by atoms with Crippen molar-refractivity contribution in [2.45, 2.75) is 33.1 Å². The molecule has 1 aromatic carbocycles. The Morgan fingerprint density at radius 1 is 1.33 bits per heavy atom. The number of benzene rings is 1. The van der Waals surface area contributed by atoms with Gasteiger partial charge in [-0.1, -0.05) is 26.8 Å². The van der Waals surface area contributed by atoms with Gasteiger partial charge in [0.1, 0.15) is 5.75 Å². The number of carbonyl (C=O) groups is 1. The Morgan fingerprint density at radius 3 is 2.40 bits per heavy atom. The maximum absolute atomic E-state index is 11.0. The van der Waals surface area contributed by atoms with E-state index < -0.39 is 0 Å². The highest BCUT2D eigenvalue weighted by atomic mass is 127. The summed E-state index contributed by atoms with van der Waals surface area (Å²) in [6.07, 6.45) is 0. The maximum atomic E-state index is 11.0. The van der Waals surface area contributed by atoms with Crippen LogP contribution in [0.25, 0.3) is 0 Å². The molecule has 0 spiro atoms. The Kier molecular flexibility index (Phi) is 3.76. The molecule has 1 aromatic rings. The monoisotopic (exact) mass is 318 g/mol. The van der Waals surface area contributed by atoms with Crippen LogP contribution in [-0.2, 0) is 10.2 Å². The van der Waals surface area contributed by atoms with Crippen molar-refractivity contribution in [3.8, 4) is 5.75 Å². The minimum atomic E-state index is -0.275. The summed E-state index contributed by atoms with van der Waals surface area (Å²) in [5, 5.41) is 0. The standard InChI is InChI=1S/C12H15IO2/c1-8(14)15-11-7-9(13)5-6-10(11)12(2,3)4/h5-7H,1-4H3. The fraction of sp³-hybridized carbons (Fsp3) is 0.417. The molecule has 82 valence electrons. The first-order valence-electron chi connectivity index (χ1n) is 4.79. The second-order valence-corrected chi connectivity index (χ2v) is 5.73. The molecule has 0 atom stereocenters. The molecule has 0 aliphatic heterocycles. The van der Waals surface area contributed by atoms with Crippen molar-refractivity contribution < 1.29 is 9.53 Å². The highest BCUT2D eigenvalue weighted by molar-refractivity contribution is 14.1. The Morgan fingerprint density at radius 2 is 1.93 bits per heavy atom. The van der Waals surface area contributed by atoms with Crippen molar-refractivity contribution in [1.82, 2.24) is 0 Å². The van der Waals surface area contributed by atoms with Gasteiger partial charge in [0, 0.05) is 16.1 Å². The molecule has 3 heteroatoms. The van der Waals surface area contributed by atoms with Crippen LogP contribution in [0.4, 0.5) is 0 Å². The number of carbonyl (C=O) groups excluding carboxylic acids is 1. The summed E-state index contributed by atoms with van der Waals surface area (Å²) in [7, 11) is 0. The Hall–Kier alpha value is -0.580. The van der Waals surface area contributed by atoms with Gasteiger partial charge in [-0.25, -0.2) is 0 Å². The van der Waals surface area contributed by atoms with E-state index in [2.05, 4.69) is 43.4 Å². The topological polar surface area (TPSA) is 26.3 Å². The third-order valence-electron chi connectivity index (χ3n) is 2.01. The first-order valence-corrected chi connectivity index (χ1v) is 5.87. The first kappa shape index (κ1) is 12.5. The lowest BCUT2D eigenvalue weighted by Gasteiger charge is -2.22. The minimum Gasteiger partial charge on any atom is -0.426 e. The van der Waals surface area contributed by atoms with Crippen molar-refractivity contribution in [3.63, 3.8) is 0 Å². The summed E-state index contributed by atoms with van der Waals surface area (Å²) in [4.78, 5) is 11.0. The molecule has 0 aromatic heterocycles. The molecule has 1 rings (SSSR count). The Labute approximate surface area is 104 Å². The van der Waals surface area contributed by atoms with E-state index >= 15 is 0 Å². The lowest BCUT2D eigenvalue weighted by molar-refractivity contribution is -0.131. The number of hydrogen-bond acceptors (Lipinski definition) is 2. The van der Waals surface area contributed by atoms with Crippen LogP contribution in [0.1, 0.15) is 33.3 Å². The van der Waals surface area contributed by atoms with E-state index in [9.17, 15) is 4.79 Å². The Bertz CT molecular complexity index is 378. The van der Waals surface area contributed by atoms with Gasteiger partial charge < -0.3 is 4.74 Å². The third kappa shape index (κ3) is 3.48. The SMILES string of the molecule is CC(=O)Oc1cc(I)ccc1C(C)(C)C. The van der Waals surface area contributed by atoms with Crippen LogP contribution in [0.3, 0.4) is 0 Å². The van der Waals surface area contributed by atoms with Gasteiger partial charge in [-0.3, -0.25) is 4.79 Å². The van der Waals surface area contributed by atoms with Crippen LogP contribution in [0, 0.1) is 3.57 Å². The molecule has 0 heterocycles. The van der Waals surface area contributed by atoms with Gasteiger partial charge in [-0.05, 0) is 40.1 Å². The van der Waals surface area contributed by atoms with Crippen LogP contribution >= 0.6 is 22.6 Å². The van der Waals surface area contributed by atoms with Gasteiger partial charge in [-0.15, -0.1) is 0 Å². The van der Waals surface area contributed by atoms with Crippen LogP contribution in [0.5, 0.6) is 5.75 Å². The molecular formula is C12H15IO2. The summed E-state index contributed by atoms with van der Waals surface area (Å²) >= 11 is 2.21. The molecule has 0 unspecified atom stereocenters. The fourth-order valence-corrected chi connectivity index (χ4v) is 1.82. The summed E-state index contributed by atoms with van der Waals surface area (Å²) in [5.41, 5.74) is 1.04. The van der Waals surface area contributed by atoms with E-state index in [1.165, 1.54) is 6.92 Å². The third-order valence-corrected chi connectivity index (χ3v) is 2.68. The van der Waals surface area contributed by atoms with E-state index in [1.807, 2.05) is 18.2 Å². The zero-order valence-corrected chi connectivity index (χ0v) is 11.6. The molecule has 2 nitrogen and oxygen atoms in total. The number of ether oxygens (including phenoxy) is 1. The first-order chi connectivity index (χ1) is 6.80. The lowest BCUT2D eigenvalue weighted by atomic mass is 9.86. The molecule has 0 radical (unpaired) electrons. The van der Waals surface area contributed by atoms with E-state index in [-0.39, 0.29) is 11.4 Å². The maximum Gasteiger partial charge on any atom is 0.308 e. The summed E-state index contributed by atoms with van der Waals surface area (Å²) in [6.45, 7) is 7.72. The quantitative estimate of drug-likeness (QED) is 0.450. The predicted molar refractivity (Wildman–Crippen MR) is 69.2 cm³/mol. The molecule has 0 saturated heterocycles. The van der Waals surface area contributed by atoms with E-state index in [1.54, 1.807) is 0 Å². The molecule has 0 N–H and O–H groups in total. The molecule has 15 heavy (non-hydrogen) atoms. The highest BCUT2D eigenvalue weighted by Crippen LogP contribution is 2.32. The molecular weight excluding hydrogens is 303 g/mol. The van der Waals surface area contributed by atoms with Crippen LogP contribution < -0.4 is 4.74 Å². The van der Waals surface area contributed by atoms with Crippen LogP contribution in [-0.4, -0.2) is 5.97 Å². The summed E-state index contributed by atoms with van der Waals surface area (Å²) in [5.74, 6) is 0.393. The van der Waals surface area contributed by atoms with Crippen molar-refractivity contribution in [1.29, 1.82) is 0 Å². The van der Waals surface area contributed by atoms with Gasteiger partial charge >= 0.3 is 5.97 Å². The average molecular weight is 318 g/mol. The van der Waals surface area contributed by atoms with Gasteiger partial charge in [0.25, 0.3) is 0 Å². The second-order valence-electron chi connectivity index (χ2n) is 4.48. The zero-order valence-electron chi connectivity index (χ0n) is 9.43. The highest BCUT2D eigenvalue weighted by Gasteiger charge is 2.19. The van der Waals surface area contributed by atoms with Gasteiger partial charge in [0.2, 0.25) is 0 Å². The van der Waals surface area contributed by atoms with E-state index in [4.69, 9.17) is 4.74 Å². The zero-order chi connectivity index (χ0) is 11.6. The molecule has 0 saturated carbocycles. The summed E-state index contributed by atoms with van der Waals surface area (Å²) < 4.78 is 6.28. The van der Waals surface area contributed by atoms with E-state index in [0.717, 1.165) is 9.13 Å². The Balaban J connectivity index is 3.20. The van der Waals surface area contributed by atoms with Crippen LogP contribution in [0.2, 0.25) is 0 Å². The molecule has 0 bridgehead atoms. The number of halogens is 1. The molecule has 0 aliphatic rings. The molecule has 0 fully saturated rings. The average Bonchev–Trinajstić information content (AvgIpc) is 1.99. The smallest absolute Gasteiger partial charge is 0.308 e. The molecule has 0 amide bonds. The van der Waals surface area contributed by atoms with Crippen molar-refractivity contribution in [3.05, 3.63) is 27.3 Å². The van der Waals surface area contributed by atoms with Crippen LogP contribution in [0.15, 0.2) is 18.2 Å². The van der Waals surface area contributed by atoms with Crippen molar-refractivity contribution in [2.24, 2.45) is 0 Å². The second kappa shape index (κ2) is 4.51. The predicted octanol–water partition coefficient (Wildman–Crippen LogP) is 3.51. The van der Waals surface area contributed by atoms with Gasteiger partial charge in [0.15, 0.2) is 0 Å². The fourth-order valence-electron chi connectivity index (χ4n) is 1.36. The largest absolute Gasteiger partial charge is 0.426 e. The van der Waals surface area contributed by atoms with Gasteiger partial charge in [-0.2, -0.15) is 0 Å². The normalized spacial score (nSPS) is 11.3. The summed E-state index contributed by atoms with van der Waals surface area (Å²) in [6, 6.07) is 5.93. The van der Waals surface area contributed by atoms with Crippen molar-refractivity contribution >= 4 is 28.6 Å².